The molecule has 1 heterocycles. The van der Waals surface area contributed by atoms with Gasteiger partial charge in [-0.15, -0.1) is 0 Å². The molecule has 0 spiro atoms. The summed E-state index contributed by atoms with van der Waals surface area (Å²) in [6.45, 7) is 0. The average Bonchev–Trinajstić information content (AvgIpc) is 2.60. The van der Waals surface area contributed by atoms with Crippen molar-refractivity contribution in [3.8, 4) is 5.88 Å². The van der Waals surface area contributed by atoms with Crippen molar-refractivity contribution >= 4 is 11.6 Å². The molecule has 0 amide bonds. The summed E-state index contributed by atoms with van der Waals surface area (Å²) >= 11 is 5.75. The Balaban J connectivity index is 2.17. The van der Waals surface area contributed by atoms with Gasteiger partial charge in [0, 0.05) is 6.04 Å². The number of aromatic amines is 1. The molecule has 0 bridgehead atoms. The van der Waals surface area contributed by atoms with E-state index in [1.165, 1.54) is 6.33 Å². The van der Waals surface area contributed by atoms with Crippen LogP contribution in [0.25, 0.3) is 0 Å². The van der Waals surface area contributed by atoms with Gasteiger partial charge in [-0.1, -0.05) is 11.6 Å². The molecule has 3 N–H and O–H groups in total. The first kappa shape index (κ1) is 10.4. The quantitative estimate of drug-likeness (QED) is 0.782. The van der Waals surface area contributed by atoms with Crippen LogP contribution >= 0.6 is 11.6 Å². The maximum atomic E-state index is 11.2. The lowest BCUT2D eigenvalue weighted by atomic mass is 10.2. The molecule has 1 saturated carbocycles. The molecule has 2 atom stereocenters. The van der Waals surface area contributed by atoms with Crippen LogP contribution in [0.1, 0.15) is 19.3 Å². The van der Waals surface area contributed by atoms with Crippen LogP contribution in [0.15, 0.2) is 11.1 Å². The second-order valence-corrected chi connectivity index (χ2v) is 3.98. The molecule has 82 valence electrons. The zero-order valence-electron chi connectivity index (χ0n) is 8.07. The van der Waals surface area contributed by atoms with E-state index < -0.39 is 5.56 Å². The van der Waals surface area contributed by atoms with Crippen LogP contribution in [-0.2, 0) is 0 Å². The highest BCUT2D eigenvalue weighted by Gasteiger charge is 2.26. The van der Waals surface area contributed by atoms with Gasteiger partial charge in [-0.3, -0.25) is 4.79 Å². The van der Waals surface area contributed by atoms with Crippen LogP contribution < -0.4 is 16.0 Å². The van der Waals surface area contributed by atoms with Crippen LogP contribution in [0.5, 0.6) is 5.88 Å². The van der Waals surface area contributed by atoms with Crippen LogP contribution in [0, 0.1) is 0 Å². The summed E-state index contributed by atoms with van der Waals surface area (Å²) in [6.07, 6.45) is 4.03. The van der Waals surface area contributed by atoms with Crippen molar-refractivity contribution in [2.75, 3.05) is 0 Å². The molecular formula is C9H12ClN3O2. The standard InChI is InChI=1S/C9H12ClN3O2/c10-7-8(14)12-4-13-9(7)15-6-3-1-2-5(6)11/h4-6H,1-3,11H2,(H,12,13,14). The molecule has 0 saturated heterocycles. The number of ether oxygens (including phenoxy) is 1. The molecule has 5 nitrogen and oxygen atoms in total. The van der Waals surface area contributed by atoms with Crippen molar-refractivity contribution in [1.82, 2.24) is 9.97 Å². The van der Waals surface area contributed by atoms with E-state index in [0.717, 1.165) is 19.3 Å². The minimum atomic E-state index is -0.395. The number of rotatable bonds is 2. The van der Waals surface area contributed by atoms with E-state index in [2.05, 4.69) is 9.97 Å². The molecule has 0 radical (unpaired) electrons. The maximum Gasteiger partial charge on any atom is 0.273 e. The Morgan fingerprint density at radius 1 is 1.60 bits per heavy atom. The molecule has 1 fully saturated rings. The third kappa shape index (κ3) is 2.13. The molecular weight excluding hydrogens is 218 g/mol. The van der Waals surface area contributed by atoms with Crippen LogP contribution in [0.2, 0.25) is 5.02 Å². The maximum absolute atomic E-state index is 11.2. The van der Waals surface area contributed by atoms with E-state index in [9.17, 15) is 4.79 Å². The number of H-pyrrole nitrogens is 1. The topological polar surface area (TPSA) is 81.0 Å². The third-order valence-electron chi connectivity index (χ3n) is 2.53. The fourth-order valence-electron chi connectivity index (χ4n) is 1.69. The fraction of sp³-hybridized carbons (Fsp3) is 0.556. The van der Waals surface area contributed by atoms with Crippen molar-refractivity contribution < 1.29 is 4.74 Å². The number of nitrogens with zero attached hydrogens (tertiary/aromatic N) is 1. The Hall–Kier alpha value is -1.07. The van der Waals surface area contributed by atoms with Gasteiger partial charge in [-0.05, 0) is 19.3 Å². The van der Waals surface area contributed by atoms with Gasteiger partial charge >= 0.3 is 0 Å². The SMILES string of the molecule is NC1CCCC1Oc1nc[nH]c(=O)c1Cl. The zero-order valence-corrected chi connectivity index (χ0v) is 8.83. The summed E-state index contributed by atoms with van der Waals surface area (Å²) in [5.74, 6) is 0.169. The highest BCUT2D eigenvalue weighted by Crippen LogP contribution is 2.24. The van der Waals surface area contributed by atoms with E-state index in [1.54, 1.807) is 0 Å². The fourth-order valence-corrected chi connectivity index (χ4v) is 1.84. The molecule has 1 aromatic heterocycles. The van der Waals surface area contributed by atoms with Gasteiger partial charge in [-0.25, -0.2) is 4.98 Å². The highest BCUT2D eigenvalue weighted by molar-refractivity contribution is 6.31. The summed E-state index contributed by atoms with van der Waals surface area (Å²) in [4.78, 5) is 17.4. The van der Waals surface area contributed by atoms with E-state index in [-0.39, 0.29) is 23.0 Å². The number of halogens is 1. The first-order chi connectivity index (χ1) is 7.18. The predicted molar refractivity (Wildman–Crippen MR) is 56.1 cm³/mol. The Labute approximate surface area is 91.6 Å². The van der Waals surface area contributed by atoms with Gasteiger partial charge in [0.05, 0.1) is 6.33 Å². The van der Waals surface area contributed by atoms with Gasteiger partial charge in [0.1, 0.15) is 6.10 Å². The second-order valence-electron chi connectivity index (χ2n) is 3.60. The van der Waals surface area contributed by atoms with E-state index in [0.29, 0.717) is 0 Å². The molecule has 2 unspecified atom stereocenters. The van der Waals surface area contributed by atoms with Gasteiger partial charge in [-0.2, -0.15) is 0 Å². The molecule has 6 heteroatoms. The first-order valence-electron chi connectivity index (χ1n) is 4.84. The van der Waals surface area contributed by atoms with Crippen molar-refractivity contribution in [1.29, 1.82) is 0 Å². The van der Waals surface area contributed by atoms with Gasteiger partial charge in [0.2, 0.25) is 5.88 Å². The number of nitrogens with one attached hydrogen (secondary N) is 1. The summed E-state index contributed by atoms with van der Waals surface area (Å²) in [7, 11) is 0. The lowest BCUT2D eigenvalue weighted by Crippen LogP contribution is -2.34. The largest absolute Gasteiger partial charge is 0.471 e. The van der Waals surface area contributed by atoms with Gasteiger partial charge < -0.3 is 15.5 Å². The van der Waals surface area contributed by atoms with Gasteiger partial charge in [0.25, 0.3) is 5.56 Å². The van der Waals surface area contributed by atoms with Crippen molar-refractivity contribution in [3.63, 3.8) is 0 Å². The normalized spacial score (nSPS) is 25.5. The Bertz CT molecular complexity index is 407. The summed E-state index contributed by atoms with van der Waals surface area (Å²) in [5.41, 5.74) is 5.44. The number of hydrogen-bond acceptors (Lipinski definition) is 4. The lowest BCUT2D eigenvalue weighted by Gasteiger charge is -2.16. The molecule has 1 aliphatic carbocycles. The predicted octanol–water partition coefficient (Wildman–Crippen LogP) is 0.682. The highest BCUT2D eigenvalue weighted by atomic mass is 35.5. The minimum absolute atomic E-state index is 0.00199. The van der Waals surface area contributed by atoms with Crippen molar-refractivity contribution in [3.05, 3.63) is 21.7 Å². The summed E-state index contributed by atoms with van der Waals surface area (Å²) in [6, 6.07) is 0.00199. The molecule has 15 heavy (non-hydrogen) atoms. The Kier molecular flexibility index (Phi) is 2.93. The smallest absolute Gasteiger partial charge is 0.273 e. The summed E-state index contributed by atoms with van der Waals surface area (Å²) < 4.78 is 5.51. The average molecular weight is 230 g/mol. The summed E-state index contributed by atoms with van der Waals surface area (Å²) in [5, 5.41) is -0.0170. The van der Waals surface area contributed by atoms with E-state index >= 15 is 0 Å². The lowest BCUT2D eigenvalue weighted by molar-refractivity contribution is 0.183. The number of nitrogens with two attached hydrogens (primary N) is 1. The van der Waals surface area contributed by atoms with E-state index in [1.807, 2.05) is 0 Å². The molecule has 0 aromatic carbocycles. The Morgan fingerprint density at radius 2 is 2.40 bits per heavy atom. The molecule has 1 aromatic rings. The molecule has 2 rings (SSSR count). The number of hydrogen-bond donors (Lipinski definition) is 2. The first-order valence-corrected chi connectivity index (χ1v) is 5.21. The Morgan fingerprint density at radius 3 is 3.07 bits per heavy atom. The third-order valence-corrected chi connectivity index (χ3v) is 2.86. The monoisotopic (exact) mass is 229 g/mol. The van der Waals surface area contributed by atoms with Crippen molar-refractivity contribution in [2.45, 2.75) is 31.4 Å². The van der Waals surface area contributed by atoms with Gasteiger partial charge in [0.15, 0.2) is 5.02 Å². The zero-order chi connectivity index (χ0) is 10.8. The molecule has 0 aliphatic heterocycles. The van der Waals surface area contributed by atoms with Crippen LogP contribution in [-0.4, -0.2) is 22.1 Å². The van der Waals surface area contributed by atoms with E-state index in [4.69, 9.17) is 22.1 Å². The molecule has 1 aliphatic rings. The number of aromatic nitrogens is 2. The second kappa shape index (κ2) is 4.20. The minimum Gasteiger partial charge on any atom is -0.471 e. The van der Waals surface area contributed by atoms with Crippen molar-refractivity contribution in [2.24, 2.45) is 5.73 Å². The van der Waals surface area contributed by atoms with Crippen LogP contribution in [0.4, 0.5) is 0 Å². The van der Waals surface area contributed by atoms with Crippen LogP contribution in [0.3, 0.4) is 0 Å².